The Labute approximate surface area is 683 Å². The fourth-order valence-corrected chi connectivity index (χ4v) is 13.4. The molecule has 1 fully saturated rings. The molecular formula is C77H108N20O20S. The van der Waals surface area contributed by atoms with E-state index >= 15 is 14.4 Å². The molecule has 0 aliphatic carbocycles. The van der Waals surface area contributed by atoms with Crippen molar-refractivity contribution in [2.75, 3.05) is 51.4 Å². The quantitative estimate of drug-likeness (QED) is 0.0100. The predicted octanol–water partition coefficient (Wildman–Crippen LogP) is -3.94. The second-order valence-corrected chi connectivity index (χ2v) is 29.6. The molecule has 0 bridgehead atoms. The number of hydrogen-bond donors (Lipinski definition) is 23. The highest BCUT2D eigenvalue weighted by molar-refractivity contribution is 7.98. The summed E-state index contributed by atoms with van der Waals surface area (Å²) < 4.78 is 0. The van der Waals surface area contributed by atoms with Crippen molar-refractivity contribution >= 4 is 117 Å². The maximum Gasteiger partial charge on any atom is 0.326 e. The van der Waals surface area contributed by atoms with E-state index in [9.17, 15) is 83.1 Å². The number of aliphatic hydroxyl groups excluding tert-OH is 2. The van der Waals surface area contributed by atoms with Crippen LogP contribution in [0.3, 0.4) is 0 Å². The molecule has 2 aromatic heterocycles. The third-order valence-corrected chi connectivity index (χ3v) is 19.8. The van der Waals surface area contributed by atoms with Gasteiger partial charge in [-0.3, -0.25) is 72.5 Å². The molecule has 5 aromatic rings. The van der Waals surface area contributed by atoms with Gasteiger partial charge in [-0.1, -0.05) is 74.5 Å². The van der Waals surface area contributed by atoms with Crippen molar-refractivity contribution in [2.45, 2.75) is 183 Å². The smallest absolute Gasteiger partial charge is 0.326 e. The van der Waals surface area contributed by atoms with Gasteiger partial charge >= 0.3 is 11.9 Å². The molecule has 1 aliphatic rings. The Kier molecular flexibility index (Phi) is 38.8. The summed E-state index contributed by atoms with van der Waals surface area (Å²) in [7, 11) is 0. The second-order valence-electron chi connectivity index (χ2n) is 28.6. The number of aromatic nitrogens is 3. The Morgan fingerprint density at radius 1 is 0.576 bits per heavy atom. The Morgan fingerprint density at radius 2 is 1.09 bits per heavy atom. The second kappa shape index (κ2) is 48.3. The average molecular weight is 1670 g/mol. The van der Waals surface area contributed by atoms with Crippen LogP contribution in [0.4, 0.5) is 0 Å². The minimum Gasteiger partial charge on any atom is -0.508 e. The zero-order valence-corrected chi connectivity index (χ0v) is 66.7. The number of carboxylic acid groups (broad SMARTS) is 2. The number of benzene rings is 3. The highest BCUT2D eigenvalue weighted by Crippen LogP contribution is 2.23. The summed E-state index contributed by atoms with van der Waals surface area (Å²) in [6, 6.07) is 2.56. The number of thioether (sulfide) groups is 1. The van der Waals surface area contributed by atoms with Gasteiger partial charge in [-0.15, -0.1) is 0 Å². The molecule has 3 heterocycles. The van der Waals surface area contributed by atoms with Crippen molar-refractivity contribution in [1.82, 2.24) is 89.0 Å². The molecule has 0 radical (unpaired) electrons. The van der Waals surface area contributed by atoms with Crippen molar-refractivity contribution < 1.29 is 97.5 Å². The lowest BCUT2D eigenvalue weighted by Gasteiger charge is -2.30. The largest absolute Gasteiger partial charge is 0.508 e. The van der Waals surface area contributed by atoms with Gasteiger partial charge in [0.05, 0.1) is 26.1 Å². The normalized spacial score (nSPS) is 15.2. The van der Waals surface area contributed by atoms with E-state index in [0.717, 1.165) is 6.92 Å². The fourth-order valence-electron chi connectivity index (χ4n) is 12.9. The molecule has 1 aliphatic heterocycles. The first-order chi connectivity index (χ1) is 56.3. The molecule has 25 N–H and O–H groups in total. The lowest BCUT2D eigenvalue weighted by molar-refractivity contribution is -0.145. The van der Waals surface area contributed by atoms with E-state index in [4.69, 9.17) is 16.9 Å². The molecule has 3 aromatic carbocycles. The Balaban J connectivity index is 1.25. The van der Waals surface area contributed by atoms with Gasteiger partial charge in [0.2, 0.25) is 76.8 Å². The number of fused-ring (bicyclic) bond motifs is 1. The number of H-pyrrole nitrogens is 2. The number of nitrogens with zero attached hydrogens (tertiary/aromatic N) is 2. The van der Waals surface area contributed by atoms with Crippen molar-refractivity contribution in [3.05, 3.63) is 120 Å². The summed E-state index contributed by atoms with van der Waals surface area (Å²) in [6.07, 6.45) is 4.47. The number of nitrogens with two attached hydrogens (primary N) is 2. The highest BCUT2D eigenvalue weighted by atomic mass is 32.2. The Morgan fingerprint density at radius 3 is 1.64 bits per heavy atom. The van der Waals surface area contributed by atoms with E-state index in [1.165, 1.54) is 53.5 Å². The SMILES string of the molecule is CSCC[C@H](NC(=O)[C@H](CO)NC(=O)[C@H](Cc1ccc(O)cc1)NC(=O)[C@H](CO)NC(C)=O)C(=O)N[C@@H](CCC(=O)O)C(=O)N[C@@H](Cc1cnc[nH]1)C(=O)N[C@@H](Cc1ccccc1)C(=O)N[C@@H](CCCNC(=N)N)C(=O)N[C@@H](Cc1c[nH]c2ccccc12)C(=O)NCC(=O)N[C@H](CCCCN)C(=O)N1CCC[C@@H]1C(=O)N[C@@H](C(=O)O)C(C)C. The maximum absolute atomic E-state index is 15.2. The molecule has 0 spiro atoms. The van der Waals surface area contributed by atoms with Crippen LogP contribution >= 0.6 is 11.8 Å². The average Bonchev–Trinajstić information content (AvgIpc) is 1.64. The van der Waals surface area contributed by atoms with Crippen molar-refractivity contribution in [1.29, 1.82) is 5.41 Å². The van der Waals surface area contributed by atoms with Crippen molar-refractivity contribution in [3.63, 3.8) is 0 Å². The van der Waals surface area contributed by atoms with Gasteiger partial charge in [0.1, 0.15) is 78.3 Å². The molecule has 41 heteroatoms. The minimum atomic E-state index is -1.84. The van der Waals surface area contributed by atoms with E-state index in [0.29, 0.717) is 46.9 Å². The maximum atomic E-state index is 15.2. The van der Waals surface area contributed by atoms with Crippen molar-refractivity contribution in [2.24, 2.45) is 17.4 Å². The number of guanidine groups is 1. The molecule has 0 saturated carbocycles. The zero-order valence-electron chi connectivity index (χ0n) is 65.9. The number of nitrogens with one attached hydrogen (secondary N) is 16. The summed E-state index contributed by atoms with van der Waals surface area (Å²) in [5, 5.41) is 91.5. The van der Waals surface area contributed by atoms with E-state index in [-0.39, 0.29) is 88.2 Å². The number of rotatable bonds is 50. The van der Waals surface area contributed by atoms with E-state index in [1.807, 2.05) is 0 Å². The summed E-state index contributed by atoms with van der Waals surface area (Å²) >= 11 is 1.23. The number of amides is 13. The number of phenols is 1. The van der Waals surface area contributed by atoms with Crippen LogP contribution in [-0.2, 0) is 97.6 Å². The topological polar surface area (TPSA) is 637 Å². The van der Waals surface area contributed by atoms with Crippen LogP contribution in [0.2, 0.25) is 0 Å². The van der Waals surface area contributed by atoms with Gasteiger partial charge < -0.3 is 121 Å². The lowest BCUT2D eigenvalue weighted by Crippen LogP contribution is -2.61. The van der Waals surface area contributed by atoms with E-state index < -0.39 is 212 Å². The highest BCUT2D eigenvalue weighted by Gasteiger charge is 2.41. The third kappa shape index (κ3) is 30.8. The summed E-state index contributed by atoms with van der Waals surface area (Å²) in [6.45, 7) is 1.97. The van der Waals surface area contributed by atoms with Crippen LogP contribution in [0.1, 0.15) is 107 Å². The van der Waals surface area contributed by atoms with Crippen LogP contribution in [0.25, 0.3) is 10.9 Å². The van der Waals surface area contributed by atoms with Gasteiger partial charge in [0, 0.05) is 81.1 Å². The summed E-state index contributed by atoms with van der Waals surface area (Å²) in [5.74, 6) is -15.7. The first-order valence-electron chi connectivity index (χ1n) is 38.5. The molecule has 0 unspecified atom stereocenters. The number of carbonyl (C=O) groups is 15. The van der Waals surface area contributed by atoms with Gasteiger partial charge in [-0.2, -0.15) is 11.8 Å². The van der Waals surface area contributed by atoms with Crippen LogP contribution in [0, 0.1) is 11.3 Å². The molecule has 12 atom stereocenters. The van der Waals surface area contributed by atoms with Crippen LogP contribution < -0.4 is 80.6 Å². The number of aliphatic carboxylic acids is 2. The number of unbranched alkanes of at least 4 members (excludes halogenated alkanes) is 1. The van der Waals surface area contributed by atoms with Crippen LogP contribution in [0.15, 0.2) is 97.6 Å². The Bertz CT molecular complexity index is 4250. The van der Waals surface area contributed by atoms with Crippen LogP contribution in [-0.4, -0.2) is 264 Å². The predicted molar refractivity (Wildman–Crippen MR) is 429 cm³/mol. The number of carbonyl (C=O) groups excluding carboxylic acids is 13. The number of imidazole rings is 1. The first-order valence-corrected chi connectivity index (χ1v) is 39.9. The number of para-hydroxylation sites is 1. The number of carboxylic acids is 2. The molecule has 642 valence electrons. The number of likely N-dealkylation sites (tertiary alicyclic amines) is 1. The molecule has 1 saturated heterocycles. The minimum absolute atomic E-state index is 0.00944. The standard InChI is InChI=1S/C77H108N20O20S/c1-42(2)64(76(116)117)96-74(114)61-20-13-30-97(61)75(115)54(18-10-11-28-78)87-62(102)38-84-65(105)57(34-46-36-83-50-17-9-8-16-49(46)50)93-66(106)51(19-12-29-82-77(79)80)88-69(109)55(32-44-14-6-5-7-15-44)91-71(111)58(35-47-37-81-41-85-47)94-67(107)52(25-26-63(103)104)89-68(108)53(27-31-118-4)90-73(113)60(40-99)95-70(110)56(33-45-21-23-48(101)24-22-45)92-72(112)59(39-98)86-43(3)100/h5-9,14-17,21-24,36-37,41-42,51-61,64,83,98-99,101H,10-13,18-20,25-35,38-40,78H2,1-4H3,(H,81,85)(H,84,105)(H,86,100)(H,87,102)(H,88,109)(H,89,108)(H,90,113)(H,91,111)(H,92,112)(H,93,106)(H,94,107)(H,95,110)(H,96,114)(H,103,104)(H,116,117)(H4,79,80,82)/t51-,52-,53-,54+,55-,56-,57-,58-,59-,60-,61+,64+/m0/s1. The first kappa shape index (κ1) is 94.6. The Hall–Kier alpha value is -12.2. The van der Waals surface area contributed by atoms with Crippen LogP contribution in [0.5, 0.6) is 5.75 Å². The summed E-state index contributed by atoms with van der Waals surface area (Å²) in [4.78, 5) is 220. The number of aliphatic hydroxyl groups is 2. The van der Waals surface area contributed by atoms with Gasteiger partial charge in [0.25, 0.3) is 0 Å². The van der Waals surface area contributed by atoms with E-state index in [1.54, 1.807) is 80.9 Å². The van der Waals surface area contributed by atoms with Gasteiger partial charge in [-0.25, -0.2) is 9.78 Å². The lowest BCUT2D eigenvalue weighted by atomic mass is 10.0. The number of hydrogen-bond acceptors (Lipinski definition) is 22. The third-order valence-electron chi connectivity index (χ3n) is 19.2. The molecule has 13 amide bonds. The monoisotopic (exact) mass is 1660 g/mol. The molecular weight excluding hydrogens is 1560 g/mol. The number of aromatic hydroxyl groups is 1. The number of phenolic OH excluding ortho intramolecular Hbond substituents is 1. The van der Waals surface area contributed by atoms with Gasteiger partial charge in [-0.05, 0) is 117 Å². The number of aromatic amines is 2. The molecule has 118 heavy (non-hydrogen) atoms. The van der Waals surface area contributed by atoms with Gasteiger partial charge in [0.15, 0.2) is 5.96 Å². The van der Waals surface area contributed by atoms with E-state index in [2.05, 4.69) is 84.1 Å². The summed E-state index contributed by atoms with van der Waals surface area (Å²) in [5.41, 5.74) is 13.7. The van der Waals surface area contributed by atoms with Crippen molar-refractivity contribution in [3.8, 4) is 5.75 Å². The zero-order chi connectivity index (χ0) is 86.5. The molecule has 40 nitrogen and oxygen atoms in total. The fraction of sp³-hybridized carbons (Fsp3) is 0.494. The molecule has 6 rings (SSSR count).